The molecule has 2 heterocycles. The third-order valence-corrected chi connectivity index (χ3v) is 7.02. The van der Waals surface area contributed by atoms with Crippen molar-refractivity contribution in [3.63, 3.8) is 0 Å². The van der Waals surface area contributed by atoms with Crippen molar-refractivity contribution in [1.29, 1.82) is 0 Å². The molecule has 1 unspecified atom stereocenters. The minimum absolute atomic E-state index is 0.292. The van der Waals surface area contributed by atoms with Gasteiger partial charge in [-0.25, -0.2) is 12.7 Å². The molecule has 0 aromatic heterocycles. The highest BCUT2D eigenvalue weighted by Crippen LogP contribution is 2.25. The van der Waals surface area contributed by atoms with Crippen molar-refractivity contribution < 1.29 is 8.42 Å². The zero-order chi connectivity index (χ0) is 15.1. The van der Waals surface area contributed by atoms with Crippen LogP contribution in [0.3, 0.4) is 0 Å². The van der Waals surface area contributed by atoms with Crippen LogP contribution in [0.5, 0.6) is 0 Å². The van der Waals surface area contributed by atoms with Gasteiger partial charge in [0, 0.05) is 31.4 Å². The van der Waals surface area contributed by atoms with E-state index in [0.717, 1.165) is 25.5 Å². The molecule has 0 amide bonds. The fourth-order valence-electron chi connectivity index (χ4n) is 2.56. The van der Waals surface area contributed by atoms with Gasteiger partial charge in [0.1, 0.15) is 0 Å². The van der Waals surface area contributed by atoms with Crippen molar-refractivity contribution in [1.82, 2.24) is 14.9 Å². The third kappa shape index (κ3) is 5.34. The summed E-state index contributed by atoms with van der Waals surface area (Å²) in [5.41, 5.74) is 0. The SMILES string of the molecule is CCNC(=NCC1CCCS1)NCCN1CCCS1(=O)=O. The molecule has 0 aromatic carbocycles. The molecule has 2 rings (SSSR count). The van der Waals surface area contributed by atoms with Crippen molar-refractivity contribution in [3.8, 4) is 0 Å². The van der Waals surface area contributed by atoms with E-state index < -0.39 is 10.0 Å². The van der Waals surface area contributed by atoms with Gasteiger partial charge in [-0.15, -0.1) is 0 Å². The van der Waals surface area contributed by atoms with Crippen molar-refractivity contribution in [2.75, 3.05) is 44.2 Å². The van der Waals surface area contributed by atoms with E-state index in [-0.39, 0.29) is 0 Å². The number of sulfonamides is 1. The molecule has 0 saturated carbocycles. The molecule has 8 heteroatoms. The maximum Gasteiger partial charge on any atom is 0.214 e. The summed E-state index contributed by atoms with van der Waals surface area (Å²) in [5, 5.41) is 7.09. The van der Waals surface area contributed by atoms with E-state index in [1.54, 1.807) is 4.31 Å². The number of hydrogen-bond acceptors (Lipinski definition) is 4. The maximum atomic E-state index is 11.7. The van der Waals surface area contributed by atoms with Crippen LogP contribution in [-0.4, -0.2) is 68.2 Å². The summed E-state index contributed by atoms with van der Waals surface area (Å²) in [6.07, 6.45) is 3.29. The quantitative estimate of drug-likeness (QED) is 0.546. The molecule has 0 spiro atoms. The Kier molecular flexibility index (Phi) is 6.63. The first-order chi connectivity index (χ1) is 10.1. The van der Waals surface area contributed by atoms with Crippen LogP contribution in [0.15, 0.2) is 4.99 Å². The Morgan fingerprint density at radius 2 is 2.24 bits per heavy atom. The molecule has 2 fully saturated rings. The van der Waals surface area contributed by atoms with Crippen LogP contribution in [0.4, 0.5) is 0 Å². The third-order valence-electron chi connectivity index (χ3n) is 3.68. The molecule has 0 aliphatic carbocycles. The lowest BCUT2D eigenvalue weighted by atomic mass is 10.2. The standard InChI is InChI=1S/C13H26N4O2S2/c1-2-14-13(16-11-12-5-3-9-20-12)15-6-8-17-7-4-10-21(17,18)19/h12H,2-11H2,1H3,(H2,14,15,16). The summed E-state index contributed by atoms with van der Waals surface area (Å²) in [4.78, 5) is 4.60. The van der Waals surface area contributed by atoms with E-state index in [1.807, 2.05) is 18.7 Å². The first-order valence-corrected chi connectivity index (χ1v) is 10.4. The van der Waals surface area contributed by atoms with E-state index in [0.29, 0.717) is 30.6 Å². The summed E-state index contributed by atoms with van der Waals surface area (Å²) < 4.78 is 25.0. The van der Waals surface area contributed by atoms with Gasteiger partial charge in [-0.3, -0.25) is 4.99 Å². The fourth-order valence-corrected chi connectivity index (χ4v) is 5.27. The molecule has 1 atom stereocenters. The molecule has 6 nitrogen and oxygen atoms in total. The molecule has 0 radical (unpaired) electrons. The number of aliphatic imine (C=N–C) groups is 1. The Morgan fingerprint density at radius 1 is 1.38 bits per heavy atom. The smallest absolute Gasteiger partial charge is 0.214 e. The van der Waals surface area contributed by atoms with E-state index in [4.69, 9.17) is 0 Å². The van der Waals surface area contributed by atoms with Crippen LogP contribution in [0.25, 0.3) is 0 Å². The molecule has 0 aromatic rings. The predicted octanol–water partition coefficient (Wildman–Crippen LogP) is 0.473. The first kappa shape index (κ1) is 16.9. The largest absolute Gasteiger partial charge is 0.357 e. The Balaban J connectivity index is 1.75. The molecule has 122 valence electrons. The van der Waals surface area contributed by atoms with Gasteiger partial charge in [0.15, 0.2) is 5.96 Å². The van der Waals surface area contributed by atoms with Crippen molar-refractivity contribution in [2.24, 2.45) is 4.99 Å². The normalized spacial score (nSPS) is 26.1. The van der Waals surface area contributed by atoms with Crippen molar-refractivity contribution in [2.45, 2.75) is 31.4 Å². The Hall–Kier alpha value is -0.470. The maximum absolute atomic E-state index is 11.7. The fraction of sp³-hybridized carbons (Fsp3) is 0.923. The number of rotatable bonds is 6. The topological polar surface area (TPSA) is 73.8 Å². The molecule has 2 N–H and O–H groups in total. The van der Waals surface area contributed by atoms with Crippen LogP contribution < -0.4 is 10.6 Å². The lowest BCUT2D eigenvalue weighted by Gasteiger charge is -2.17. The Morgan fingerprint density at radius 3 is 2.86 bits per heavy atom. The van der Waals surface area contributed by atoms with Gasteiger partial charge in [-0.1, -0.05) is 0 Å². The minimum Gasteiger partial charge on any atom is -0.357 e. The van der Waals surface area contributed by atoms with E-state index in [2.05, 4.69) is 15.6 Å². The Labute approximate surface area is 132 Å². The predicted molar refractivity (Wildman–Crippen MR) is 89.4 cm³/mol. The average molecular weight is 335 g/mol. The Bertz CT molecular complexity index is 447. The first-order valence-electron chi connectivity index (χ1n) is 7.73. The lowest BCUT2D eigenvalue weighted by molar-refractivity contribution is 0.445. The van der Waals surface area contributed by atoms with E-state index in [9.17, 15) is 8.42 Å². The zero-order valence-corrected chi connectivity index (χ0v) is 14.3. The summed E-state index contributed by atoms with van der Waals surface area (Å²) in [7, 11) is -2.99. The van der Waals surface area contributed by atoms with Gasteiger partial charge < -0.3 is 10.6 Å². The number of nitrogens with one attached hydrogen (secondary N) is 2. The highest BCUT2D eigenvalue weighted by molar-refractivity contribution is 8.00. The van der Waals surface area contributed by atoms with Gasteiger partial charge in [0.2, 0.25) is 10.0 Å². The molecular weight excluding hydrogens is 308 g/mol. The second-order valence-corrected chi connectivity index (χ2v) is 8.85. The number of hydrogen-bond donors (Lipinski definition) is 2. The van der Waals surface area contributed by atoms with Crippen LogP contribution in [0.2, 0.25) is 0 Å². The number of guanidine groups is 1. The molecule has 2 aliphatic rings. The van der Waals surface area contributed by atoms with E-state index >= 15 is 0 Å². The van der Waals surface area contributed by atoms with Gasteiger partial charge >= 0.3 is 0 Å². The van der Waals surface area contributed by atoms with E-state index in [1.165, 1.54) is 18.6 Å². The van der Waals surface area contributed by atoms with Crippen LogP contribution in [-0.2, 0) is 10.0 Å². The summed E-state index contributed by atoms with van der Waals surface area (Å²) in [6, 6.07) is 0. The number of nitrogens with zero attached hydrogens (tertiary/aromatic N) is 2. The van der Waals surface area contributed by atoms with Gasteiger partial charge in [0.05, 0.1) is 12.3 Å². The molecular formula is C13H26N4O2S2. The van der Waals surface area contributed by atoms with Crippen molar-refractivity contribution >= 4 is 27.7 Å². The molecule has 0 bridgehead atoms. The highest BCUT2D eigenvalue weighted by atomic mass is 32.2. The van der Waals surface area contributed by atoms with Crippen LogP contribution in [0.1, 0.15) is 26.2 Å². The second-order valence-electron chi connectivity index (χ2n) is 5.35. The van der Waals surface area contributed by atoms with Gasteiger partial charge in [-0.05, 0) is 31.9 Å². The molecule has 2 saturated heterocycles. The average Bonchev–Trinajstić information content (AvgIpc) is 3.06. The summed E-state index contributed by atoms with van der Waals surface area (Å²) in [6.45, 7) is 5.45. The van der Waals surface area contributed by atoms with Gasteiger partial charge in [0.25, 0.3) is 0 Å². The summed E-state index contributed by atoms with van der Waals surface area (Å²) in [5.74, 6) is 2.33. The highest BCUT2D eigenvalue weighted by Gasteiger charge is 2.27. The zero-order valence-electron chi connectivity index (χ0n) is 12.7. The molecule has 21 heavy (non-hydrogen) atoms. The lowest BCUT2D eigenvalue weighted by Crippen LogP contribution is -2.42. The van der Waals surface area contributed by atoms with Crippen molar-refractivity contribution in [3.05, 3.63) is 0 Å². The van der Waals surface area contributed by atoms with Crippen LogP contribution in [0, 0.1) is 0 Å². The van der Waals surface area contributed by atoms with Crippen LogP contribution >= 0.6 is 11.8 Å². The molecule has 2 aliphatic heterocycles. The van der Waals surface area contributed by atoms with Gasteiger partial charge in [-0.2, -0.15) is 11.8 Å². The minimum atomic E-state index is -2.99. The monoisotopic (exact) mass is 334 g/mol. The second kappa shape index (κ2) is 8.24. The number of thioether (sulfide) groups is 1. The summed E-state index contributed by atoms with van der Waals surface area (Å²) >= 11 is 2.00.